The smallest absolute Gasteiger partial charge is 0.329 e. The second kappa shape index (κ2) is 7.03. The van der Waals surface area contributed by atoms with Crippen LogP contribution < -0.4 is 0 Å². The second-order valence-electron chi connectivity index (χ2n) is 7.46. The first-order valence-electron chi connectivity index (χ1n) is 9.42. The average Bonchev–Trinajstić information content (AvgIpc) is 3.06. The number of fused-ring (bicyclic) bond motifs is 3. The summed E-state index contributed by atoms with van der Waals surface area (Å²) >= 11 is 0. The third-order valence-electron chi connectivity index (χ3n) is 5.12. The van der Waals surface area contributed by atoms with Crippen LogP contribution in [0.5, 0.6) is 0 Å². The number of carbonyl (C=O) groups is 1. The van der Waals surface area contributed by atoms with E-state index in [4.69, 9.17) is 9.72 Å². The fourth-order valence-electron chi connectivity index (χ4n) is 3.94. The molecule has 0 N–H and O–H groups in total. The lowest BCUT2D eigenvalue weighted by Crippen LogP contribution is -2.28. The van der Waals surface area contributed by atoms with Crippen molar-refractivity contribution in [3.63, 3.8) is 0 Å². The molecule has 1 aliphatic heterocycles. The minimum absolute atomic E-state index is 0.215. The zero-order chi connectivity index (χ0) is 19.0. The lowest BCUT2D eigenvalue weighted by Gasteiger charge is -2.27. The van der Waals surface area contributed by atoms with Gasteiger partial charge in [-0.3, -0.25) is 0 Å². The minimum atomic E-state index is -0.376. The van der Waals surface area contributed by atoms with Crippen molar-refractivity contribution in [1.82, 2.24) is 9.55 Å². The molecule has 27 heavy (non-hydrogen) atoms. The van der Waals surface area contributed by atoms with E-state index in [9.17, 15) is 4.79 Å². The van der Waals surface area contributed by atoms with Crippen molar-refractivity contribution in [2.45, 2.75) is 32.7 Å². The van der Waals surface area contributed by atoms with Crippen LogP contribution in [-0.2, 0) is 22.4 Å². The van der Waals surface area contributed by atoms with E-state index < -0.39 is 0 Å². The Morgan fingerprint density at radius 2 is 1.85 bits per heavy atom. The lowest BCUT2D eigenvalue weighted by atomic mass is 9.94. The van der Waals surface area contributed by atoms with Crippen LogP contribution in [-0.4, -0.2) is 22.6 Å². The van der Waals surface area contributed by atoms with Crippen molar-refractivity contribution in [3.05, 3.63) is 65.9 Å². The number of hydrogen-bond acceptors (Lipinski definition) is 3. The van der Waals surface area contributed by atoms with Crippen LogP contribution in [0.4, 0.5) is 0 Å². The Hall–Kier alpha value is -2.88. The molecule has 1 unspecified atom stereocenters. The van der Waals surface area contributed by atoms with Gasteiger partial charge in [0.1, 0.15) is 11.9 Å². The van der Waals surface area contributed by atoms with Gasteiger partial charge in [0.05, 0.1) is 12.8 Å². The standard InChI is InChI=1S/C23H24N2O2/c1-15(2)13-19-21(16-9-5-4-6-10-16)24-22-18-12-8-7-11-17(18)14-20(25(19)22)23(26)27-3/h4-12,15,20H,13-14H2,1-3H3. The van der Waals surface area contributed by atoms with Crippen LogP contribution in [0.3, 0.4) is 0 Å². The van der Waals surface area contributed by atoms with Gasteiger partial charge < -0.3 is 9.30 Å². The third-order valence-corrected chi connectivity index (χ3v) is 5.12. The molecule has 0 spiro atoms. The predicted molar refractivity (Wildman–Crippen MR) is 106 cm³/mol. The molecule has 138 valence electrons. The molecule has 0 fully saturated rings. The van der Waals surface area contributed by atoms with Gasteiger partial charge >= 0.3 is 5.97 Å². The zero-order valence-electron chi connectivity index (χ0n) is 16.0. The highest BCUT2D eigenvalue weighted by Gasteiger charge is 2.34. The van der Waals surface area contributed by atoms with E-state index in [1.807, 2.05) is 30.3 Å². The van der Waals surface area contributed by atoms with Crippen LogP contribution in [0.25, 0.3) is 22.6 Å². The molecular weight excluding hydrogens is 336 g/mol. The quantitative estimate of drug-likeness (QED) is 0.634. The molecule has 3 aromatic rings. The Bertz CT molecular complexity index is 973. The summed E-state index contributed by atoms with van der Waals surface area (Å²) in [5, 5.41) is 0. The number of hydrogen-bond donors (Lipinski definition) is 0. The molecule has 0 bridgehead atoms. The maximum atomic E-state index is 12.7. The van der Waals surface area contributed by atoms with E-state index >= 15 is 0 Å². The maximum Gasteiger partial charge on any atom is 0.329 e. The topological polar surface area (TPSA) is 44.1 Å². The number of rotatable bonds is 4. The number of carbonyl (C=O) groups excluding carboxylic acids is 1. The first-order chi connectivity index (χ1) is 13.1. The van der Waals surface area contributed by atoms with Crippen LogP contribution in [0.1, 0.15) is 31.1 Å². The molecule has 4 rings (SSSR count). The van der Waals surface area contributed by atoms with E-state index in [0.717, 1.165) is 40.3 Å². The Morgan fingerprint density at radius 1 is 1.15 bits per heavy atom. The number of ether oxygens (including phenoxy) is 1. The molecule has 1 aromatic heterocycles. The molecule has 1 aliphatic rings. The summed E-state index contributed by atoms with van der Waals surface area (Å²) in [6, 6.07) is 18.1. The van der Waals surface area contributed by atoms with Crippen LogP contribution in [0.15, 0.2) is 54.6 Å². The first-order valence-corrected chi connectivity index (χ1v) is 9.42. The first kappa shape index (κ1) is 17.5. The SMILES string of the molecule is COC(=O)C1Cc2ccccc2-c2nc(-c3ccccc3)c(CC(C)C)n21. The molecule has 0 aliphatic carbocycles. The number of benzene rings is 2. The minimum Gasteiger partial charge on any atom is -0.467 e. The van der Waals surface area contributed by atoms with Crippen molar-refractivity contribution in [3.8, 4) is 22.6 Å². The van der Waals surface area contributed by atoms with Crippen LogP contribution >= 0.6 is 0 Å². The largest absolute Gasteiger partial charge is 0.467 e. The highest BCUT2D eigenvalue weighted by Crippen LogP contribution is 2.40. The van der Waals surface area contributed by atoms with Gasteiger partial charge in [0.2, 0.25) is 0 Å². The molecule has 2 heterocycles. The number of methoxy groups -OCH3 is 1. The van der Waals surface area contributed by atoms with Gasteiger partial charge in [0.15, 0.2) is 0 Å². The number of imidazole rings is 1. The van der Waals surface area contributed by atoms with Gasteiger partial charge in [-0.2, -0.15) is 0 Å². The monoisotopic (exact) mass is 360 g/mol. The van der Waals surface area contributed by atoms with E-state index in [0.29, 0.717) is 12.3 Å². The highest BCUT2D eigenvalue weighted by atomic mass is 16.5. The Kier molecular flexibility index (Phi) is 4.56. The van der Waals surface area contributed by atoms with Crippen molar-refractivity contribution in [1.29, 1.82) is 0 Å². The zero-order valence-corrected chi connectivity index (χ0v) is 16.0. The Morgan fingerprint density at radius 3 is 2.56 bits per heavy atom. The van der Waals surface area contributed by atoms with Gasteiger partial charge in [0, 0.05) is 23.2 Å². The molecule has 0 saturated heterocycles. The van der Waals surface area contributed by atoms with Crippen molar-refractivity contribution in [2.24, 2.45) is 5.92 Å². The number of aromatic nitrogens is 2. The summed E-state index contributed by atoms with van der Waals surface area (Å²) in [6.45, 7) is 4.39. The van der Waals surface area contributed by atoms with Gasteiger partial charge in [-0.25, -0.2) is 9.78 Å². The summed E-state index contributed by atoms with van der Waals surface area (Å²) in [4.78, 5) is 17.7. The summed E-state index contributed by atoms with van der Waals surface area (Å²) in [5.41, 5.74) is 5.39. The van der Waals surface area contributed by atoms with E-state index in [2.05, 4.69) is 42.7 Å². The molecule has 4 heteroatoms. The molecular formula is C23H24N2O2. The fraction of sp³-hybridized carbons (Fsp3) is 0.304. The number of esters is 1. The normalized spacial score (nSPS) is 15.3. The average molecular weight is 360 g/mol. The summed E-state index contributed by atoms with van der Waals surface area (Å²) in [6.07, 6.45) is 1.48. The van der Waals surface area contributed by atoms with E-state index in [1.54, 1.807) is 0 Å². The summed E-state index contributed by atoms with van der Waals surface area (Å²) in [5.74, 6) is 1.10. The van der Waals surface area contributed by atoms with Gasteiger partial charge in [-0.1, -0.05) is 68.4 Å². The third kappa shape index (κ3) is 3.05. The Balaban J connectivity index is 2.00. The maximum absolute atomic E-state index is 12.7. The summed E-state index contributed by atoms with van der Waals surface area (Å²) < 4.78 is 7.27. The van der Waals surface area contributed by atoms with Gasteiger partial charge in [-0.15, -0.1) is 0 Å². The van der Waals surface area contributed by atoms with Crippen LogP contribution in [0, 0.1) is 5.92 Å². The predicted octanol–water partition coefficient (Wildman–Crippen LogP) is 4.69. The van der Waals surface area contributed by atoms with Crippen molar-refractivity contribution < 1.29 is 9.53 Å². The van der Waals surface area contributed by atoms with Crippen molar-refractivity contribution >= 4 is 5.97 Å². The molecule has 0 radical (unpaired) electrons. The molecule has 0 amide bonds. The Labute approximate surface area is 159 Å². The van der Waals surface area contributed by atoms with Gasteiger partial charge in [-0.05, 0) is 17.9 Å². The second-order valence-corrected chi connectivity index (χ2v) is 7.46. The molecule has 2 aromatic carbocycles. The molecule has 0 saturated carbocycles. The van der Waals surface area contributed by atoms with Crippen molar-refractivity contribution in [2.75, 3.05) is 7.11 Å². The summed E-state index contributed by atoms with van der Waals surface area (Å²) in [7, 11) is 1.46. The highest BCUT2D eigenvalue weighted by molar-refractivity contribution is 5.80. The van der Waals surface area contributed by atoms with E-state index in [-0.39, 0.29) is 12.0 Å². The lowest BCUT2D eigenvalue weighted by molar-refractivity contribution is -0.144. The number of nitrogens with zero attached hydrogens (tertiary/aromatic N) is 2. The molecule has 1 atom stereocenters. The fourth-order valence-corrected chi connectivity index (χ4v) is 3.94. The van der Waals surface area contributed by atoms with E-state index in [1.165, 1.54) is 7.11 Å². The van der Waals surface area contributed by atoms with Gasteiger partial charge in [0.25, 0.3) is 0 Å². The molecule has 4 nitrogen and oxygen atoms in total. The van der Waals surface area contributed by atoms with Crippen LogP contribution in [0.2, 0.25) is 0 Å².